The maximum absolute atomic E-state index is 9.60. The van der Waals surface area contributed by atoms with E-state index in [0.29, 0.717) is 23.5 Å². The van der Waals surface area contributed by atoms with Crippen LogP contribution in [-0.4, -0.2) is 29.2 Å². The summed E-state index contributed by atoms with van der Waals surface area (Å²) in [5.74, 6) is 0. The van der Waals surface area contributed by atoms with Crippen LogP contribution in [0.15, 0.2) is 30.3 Å². The Kier molecular flexibility index (Phi) is 2.76. The highest BCUT2D eigenvalue weighted by Gasteiger charge is 2.65. The van der Waals surface area contributed by atoms with E-state index in [1.807, 2.05) is 0 Å². The van der Waals surface area contributed by atoms with Gasteiger partial charge in [-0.2, -0.15) is 0 Å². The summed E-state index contributed by atoms with van der Waals surface area (Å²) in [4.78, 5) is 2.48. The Morgan fingerprint density at radius 1 is 1.28 bits per heavy atom. The summed E-state index contributed by atoms with van der Waals surface area (Å²) in [6, 6.07) is 11.0. The van der Waals surface area contributed by atoms with E-state index < -0.39 is 0 Å². The van der Waals surface area contributed by atoms with Gasteiger partial charge in [0.1, 0.15) is 0 Å². The summed E-state index contributed by atoms with van der Waals surface area (Å²) in [6.45, 7) is 7.16. The first kappa shape index (κ1) is 12.2. The number of hydrogen-bond donors (Lipinski definition) is 1. The van der Waals surface area contributed by atoms with Crippen molar-refractivity contribution in [2.45, 2.75) is 39.3 Å². The fraction of sp³-hybridized carbons (Fsp3) is 0.625. The molecule has 1 N–H and O–H groups in total. The molecule has 1 heterocycles. The Morgan fingerprint density at radius 3 is 2.50 bits per heavy atom. The number of hydrogen-bond acceptors (Lipinski definition) is 2. The molecule has 0 radical (unpaired) electrons. The van der Waals surface area contributed by atoms with Crippen molar-refractivity contribution in [2.75, 3.05) is 13.2 Å². The lowest BCUT2D eigenvalue weighted by atomic mass is 9.93. The lowest BCUT2D eigenvalue weighted by molar-refractivity contribution is 0.153. The van der Waals surface area contributed by atoms with E-state index in [2.05, 4.69) is 49.1 Å². The van der Waals surface area contributed by atoms with Gasteiger partial charge in [0.05, 0.1) is 6.61 Å². The molecular weight excluding hydrogens is 222 g/mol. The zero-order valence-electron chi connectivity index (χ0n) is 11.4. The second-order valence-corrected chi connectivity index (χ2v) is 6.77. The summed E-state index contributed by atoms with van der Waals surface area (Å²) >= 11 is 0. The van der Waals surface area contributed by atoms with Crippen LogP contribution in [0.2, 0.25) is 0 Å². The Hall–Kier alpha value is -0.860. The molecule has 0 unspecified atom stereocenters. The Labute approximate surface area is 110 Å². The third-order valence-corrected chi connectivity index (χ3v) is 5.18. The zero-order chi connectivity index (χ0) is 12.8. The van der Waals surface area contributed by atoms with Gasteiger partial charge in [-0.05, 0) is 29.2 Å². The van der Waals surface area contributed by atoms with E-state index >= 15 is 0 Å². The van der Waals surface area contributed by atoms with Gasteiger partial charge < -0.3 is 5.11 Å². The number of nitrogens with zero attached hydrogens (tertiary/aromatic N) is 1. The standard InChI is InChI=1S/C16H23NO/c1-15(2)11-16(15)8-14(10-18)17(12-16)9-13-6-4-3-5-7-13/h3-7,14,18H,8-12H2,1-2H3/t14-,16-/m0/s1. The topological polar surface area (TPSA) is 23.5 Å². The SMILES string of the molecule is CC1(C)C[C@]12C[C@@H](CO)N(Cc1ccccc1)C2. The first-order valence-corrected chi connectivity index (χ1v) is 6.95. The lowest BCUT2D eigenvalue weighted by Gasteiger charge is -2.22. The van der Waals surface area contributed by atoms with Crippen LogP contribution in [0, 0.1) is 10.8 Å². The van der Waals surface area contributed by atoms with Crippen LogP contribution >= 0.6 is 0 Å². The maximum atomic E-state index is 9.60. The molecule has 1 aliphatic carbocycles. The van der Waals surface area contributed by atoms with Crippen LogP contribution in [0.3, 0.4) is 0 Å². The summed E-state index contributed by atoms with van der Waals surface area (Å²) < 4.78 is 0. The molecule has 3 rings (SSSR count). The molecule has 1 aromatic carbocycles. The second kappa shape index (κ2) is 4.07. The minimum absolute atomic E-state index is 0.296. The Morgan fingerprint density at radius 2 is 1.94 bits per heavy atom. The molecule has 0 bridgehead atoms. The molecule has 18 heavy (non-hydrogen) atoms. The Balaban J connectivity index is 1.73. The zero-order valence-corrected chi connectivity index (χ0v) is 11.4. The second-order valence-electron chi connectivity index (χ2n) is 6.77. The van der Waals surface area contributed by atoms with E-state index in [1.54, 1.807) is 0 Å². The van der Waals surface area contributed by atoms with E-state index in [0.717, 1.165) is 13.1 Å². The smallest absolute Gasteiger partial charge is 0.0587 e. The summed E-state index contributed by atoms with van der Waals surface area (Å²) in [5.41, 5.74) is 2.31. The lowest BCUT2D eigenvalue weighted by Crippen LogP contribution is -2.31. The Bertz CT molecular complexity index is 428. The summed E-state index contributed by atoms with van der Waals surface area (Å²) in [6.07, 6.45) is 2.49. The van der Waals surface area contributed by atoms with E-state index in [-0.39, 0.29) is 0 Å². The van der Waals surface area contributed by atoms with Crippen LogP contribution in [0.4, 0.5) is 0 Å². The quantitative estimate of drug-likeness (QED) is 0.885. The van der Waals surface area contributed by atoms with Gasteiger partial charge in [-0.3, -0.25) is 4.90 Å². The molecule has 2 nitrogen and oxygen atoms in total. The first-order chi connectivity index (χ1) is 8.56. The molecule has 1 saturated carbocycles. The average Bonchev–Trinajstić information content (AvgIpc) is 2.69. The number of aliphatic hydroxyl groups excluding tert-OH is 1. The number of rotatable bonds is 3. The number of likely N-dealkylation sites (tertiary alicyclic amines) is 1. The minimum atomic E-state index is 0.296. The average molecular weight is 245 g/mol. The van der Waals surface area contributed by atoms with Crippen LogP contribution in [0.5, 0.6) is 0 Å². The van der Waals surface area contributed by atoms with Gasteiger partial charge in [0.2, 0.25) is 0 Å². The molecule has 0 aromatic heterocycles. The van der Waals surface area contributed by atoms with Crippen molar-refractivity contribution < 1.29 is 5.11 Å². The molecule has 1 aliphatic heterocycles. The first-order valence-electron chi connectivity index (χ1n) is 6.95. The maximum Gasteiger partial charge on any atom is 0.0587 e. The highest BCUT2D eigenvalue weighted by Crippen LogP contribution is 2.68. The molecule has 0 amide bonds. The van der Waals surface area contributed by atoms with Gasteiger partial charge in [0.25, 0.3) is 0 Å². The van der Waals surface area contributed by atoms with Crippen LogP contribution in [-0.2, 0) is 6.54 Å². The molecular formula is C16H23NO. The van der Waals surface area contributed by atoms with Crippen LogP contribution in [0.1, 0.15) is 32.3 Å². The van der Waals surface area contributed by atoms with Crippen molar-refractivity contribution in [3.8, 4) is 0 Å². The molecule has 2 fully saturated rings. The van der Waals surface area contributed by atoms with Crippen molar-refractivity contribution >= 4 is 0 Å². The van der Waals surface area contributed by atoms with Crippen molar-refractivity contribution in [2.24, 2.45) is 10.8 Å². The summed E-state index contributed by atoms with van der Waals surface area (Å²) in [7, 11) is 0. The van der Waals surface area contributed by atoms with Crippen molar-refractivity contribution in [3.05, 3.63) is 35.9 Å². The summed E-state index contributed by atoms with van der Waals surface area (Å²) in [5, 5.41) is 9.60. The van der Waals surface area contributed by atoms with Gasteiger partial charge in [-0.25, -0.2) is 0 Å². The predicted octanol–water partition coefficient (Wildman–Crippen LogP) is 2.67. The van der Waals surface area contributed by atoms with Crippen molar-refractivity contribution in [1.82, 2.24) is 4.90 Å². The third kappa shape index (κ3) is 1.88. The van der Waals surface area contributed by atoms with E-state index in [9.17, 15) is 5.11 Å². The van der Waals surface area contributed by atoms with Gasteiger partial charge in [0.15, 0.2) is 0 Å². The fourth-order valence-corrected chi connectivity index (χ4v) is 3.77. The molecule has 2 aliphatic rings. The van der Waals surface area contributed by atoms with Crippen LogP contribution < -0.4 is 0 Å². The monoisotopic (exact) mass is 245 g/mol. The largest absolute Gasteiger partial charge is 0.395 e. The van der Waals surface area contributed by atoms with Gasteiger partial charge in [0, 0.05) is 19.1 Å². The van der Waals surface area contributed by atoms with Gasteiger partial charge in [-0.1, -0.05) is 44.2 Å². The van der Waals surface area contributed by atoms with Gasteiger partial charge in [-0.15, -0.1) is 0 Å². The highest BCUT2D eigenvalue weighted by molar-refractivity contribution is 5.19. The molecule has 2 heteroatoms. The minimum Gasteiger partial charge on any atom is -0.395 e. The molecule has 1 saturated heterocycles. The highest BCUT2D eigenvalue weighted by atomic mass is 16.3. The van der Waals surface area contributed by atoms with Gasteiger partial charge >= 0.3 is 0 Å². The van der Waals surface area contributed by atoms with E-state index in [1.165, 1.54) is 18.4 Å². The predicted molar refractivity (Wildman–Crippen MR) is 73.2 cm³/mol. The molecule has 1 spiro atoms. The van der Waals surface area contributed by atoms with E-state index in [4.69, 9.17) is 0 Å². The molecule has 98 valence electrons. The third-order valence-electron chi connectivity index (χ3n) is 5.18. The number of benzene rings is 1. The van der Waals surface area contributed by atoms with Crippen molar-refractivity contribution in [3.63, 3.8) is 0 Å². The fourth-order valence-electron chi connectivity index (χ4n) is 3.77. The molecule has 2 atom stereocenters. The normalized spacial score (nSPS) is 34.1. The van der Waals surface area contributed by atoms with Crippen LogP contribution in [0.25, 0.3) is 0 Å². The molecule has 1 aromatic rings. The van der Waals surface area contributed by atoms with Crippen molar-refractivity contribution in [1.29, 1.82) is 0 Å². The number of aliphatic hydroxyl groups is 1.